The van der Waals surface area contributed by atoms with Crippen LogP contribution >= 0.6 is 23.2 Å². The van der Waals surface area contributed by atoms with Crippen molar-refractivity contribution in [2.45, 2.75) is 12.5 Å². The molecule has 1 atom stereocenters. The maximum atomic E-state index is 12.7. The number of halogens is 3. The van der Waals surface area contributed by atoms with Crippen molar-refractivity contribution >= 4 is 23.2 Å². The predicted octanol–water partition coefficient (Wildman–Crippen LogP) is 3.77. The lowest BCUT2D eigenvalue weighted by Gasteiger charge is -2.11. The van der Waals surface area contributed by atoms with Gasteiger partial charge in [-0.2, -0.15) is 0 Å². The molecule has 1 unspecified atom stereocenters. The molecule has 0 radical (unpaired) electrons. The molecule has 0 aliphatic rings. The van der Waals surface area contributed by atoms with E-state index in [0.717, 1.165) is 11.8 Å². The van der Waals surface area contributed by atoms with Gasteiger partial charge >= 0.3 is 0 Å². The first kappa shape index (κ1) is 13.3. The molecule has 1 aromatic heterocycles. The second-order valence-corrected chi connectivity index (χ2v) is 4.77. The minimum atomic E-state index is -0.375. The van der Waals surface area contributed by atoms with E-state index in [1.165, 1.54) is 6.07 Å². The quantitative estimate of drug-likeness (QED) is 0.932. The Morgan fingerprint density at radius 2 is 1.94 bits per heavy atom. The molecular weight excluding hydrogens is 274 g/mol. The zero-order valence-electron chi connectivity index (χ0n) is 9.41. The van der Waals surface area contributed by atoms with E-state index in [9.17, 15) is 4.39 Å². The Morgan fingerprint density at radius 3 is 2.56 bits per heavy atom. The zero-order valence-corrected chi connectivity index (χ0v) is 10.9. The van der Waals surface area contributed by atoms with Gasteiger partial charge in [-0.3, -0.25) is 4.98 Å². The molecule has 1 aromatic carbocycles. The highest BCUT2D eigenvalue weighted by Crippen LogP contribution is 2.24. The summed E-state index contributed by atoms with van der Waals surface area (Å²) in [6, 6.07) is 7.98. The largest absolute Gasteiger partial charge is 0.322 e. The van der Waals surface area contributed by atoms with Gasteiger partial charge in [-0.1, -0.05) is 29.3 Å². The summed E-state index contributed by atoms with van der Waals surface area (Å²) in [4.78, 5) is 3.96. The van der Waals surface area contributed by atoms with Crippen molar-refractivity contribution in [1.82, 2.24) is 4.98 Å². The van der Waals surface area contributed by atoms with Crippen molar-refractivity contribution in [2.75, 3.05) is 0 Å². The smallest absolute Gasteiger partial charge is 0.141 e. The maximum Gasteiger partial charge on any atom is 0.141 e. The minimum Gasteiger partial charge on any atom is -0.322 e. The van der Waals surface area contributed by atoms with Gasteiger partial charge in [0.15, 0.2) is 0 Å². The Bertz CT molecular complexity index is 543. The van der Waals surface area contributed by atoms with Gasteiger partial charge in [0.1, 0.15) is 5.82 Å². The molecule has 0 saturated carbocycles. The predicted molar refractivity (Wildman–Crippen MR) is 71.3 cm³/mol. The van der Waals surface area contributed by atoms with Crippen molar-refractivity contribution in [2.24, 2.45) is 5.73 Å². The monoisotopic (exact) mass is 284 g/mol. The number of hydrogen-bond acceptors (Lipinski definition) is 2. The van der Waals surface area contributed by atoms with E-state index in [-0.39, 0.29) is 11.9 Å². The molecule has 2 N–H and O–H groups in total. The Hall–Kier alpha value is -1.16. The van der Waals surface area contributed by atoms with Crippen LogP contribution in [0.1, 0.15) is 17.3 Å². The number of rotatable bonds is 3. The first-order chi connectivity index (χ1) is 8.56. The summed E-state index contributed by atoms with van der Waals surface area (Å²) in [5.74, 6) is -0.375. The standard InChI is InChI=1S/C13H11Cl2FN2/c14-10-3-1-8(5-11(10)15)6-12(17)13-4-2-9(16)7-18-13/h1-5,7,12H,6,17H2. The number of hydrogen-bond donors (Lipinski definition) is 1. The summed E-state index contributed by atoms with van der Waals surface area (Å²) in [6.45, 7) is 0. The van der Waals surface area contributed by atoms with E-state index in [1.54, 1.807) is 18.2 Å². The highest BCUT2D eigenvalue weighted by Gasteiger charge is 2.09. The number of nitrogens with zero attached hydrogens (tertiary/aromatic N) is 1. The van der Waals surface area contributed by atoms with Crippen molar-refractivity contribution in [1.29, 1.82) is 0 Å². The molecule has 18 heavy (non-hydrogen) atoms. The molecule has 0 spiro atoms. The first-order valence-corrected chi connectivity index (χ1v) is 6.13. The fourth-order valence-electron chi connectivity index (χ4n) is 1.63. The Labute approximate surface area is 115 Å². The van der Waals surface area contributed by atoms with Gasteiger partial charge < -0.3 is 5.73 Å². The van der Waals surface area contributed by atoms with Crippen LogP contribution < -0.4 is 5.73 Å². The van der Waals surface area contributed by atoms with Gasteiger partial charge in [0, 0.05) is 0 Å². The highest BCUT2D eigenvalue weighted by molar-refractivity contribution is 6.42. The SMILES string of the molecule is NC(Cc1ccc(Cl)c(Cl)c1)c1ccc(F)cn1. The molecule has 0 aliphatic heterocycles. The van der Waals surface area contributed by atoms with Gasteiger partial charge in [0.05, 0.1) is 28.0 Å². The van der Waals surface area contributed by atoms with Gasteiger partial charge in [-0.05, 0) is 36.2 Å². The van der Waals surface area contributed by atoms with Crippen LogP contribution in [0, 0.1) is 5.82 Å². The summed E-state index contributed by atoms with van der Waals surface area (Å²) >= 11 is 11.8. The van der Waals surface area contributed by atoms with E-state index >= 15 is 0 Å². The number of aromatic nitrogens is 1. The normalized spacial score (nSPS) is 12.4. The third-order valence-electron chi connectivity index (χ3n) is 2.57. The average Bonchev–Trinajstić information content (AvgIpc) is 2.34. The summed E-state index contributed by atoms with van der Waals surface area (Å²) in [6.07, 6.45) is 1.72. The summed E-state index contributed by atoms with van der Waals surface area (Å²) in [5.41, 5.74) is 7.61. The van der Waals surface area contributed by atoms with Crippen LogP contribution in [0.4, 0.5) is 4.39 Å². The van der Waals surface area contributed by atoms with Crippen molar-refractivity contribution in [3.8, 4) is 0 Å². The third kappa shape index (κ3) is 3.19. The van der Waals surface area contributed by atoms with Crippen LogP contribution in [0.5, 0.6) is 0 Å². The fraction of sp³-hybridized carbons (Fsp3) is 0.154. The van der Waals surface area contributed by atoms with E-state index in [0.29, 0.717) is 22.2 Å². The molecular formula is C13H11Cl2FN2. The summed E-state index contributed by atoms with van der Waals surface area (Å²) in [7, 11) is 0. The Kier molecular flexibility index (Phi) is 4.17. The maximum absolute atomic E-state index is 12.7. The summed E-state index contributed by atoms with van der Waals surface area (Å²) in [5, 5.41) is 1.00. The van der Waals surface area contributed by atoms with Crippen LogP contribution in [-0.2, 0) is 6.42 Å². The first-order valence-electron chi connectivity index (χ1n) is 5.37. The van der Waals surface area contributed by atoms with Crippen LogP contribution in [0.25, 0.3) is 0 Å². The fourth-order valence-corrected chi connectivity index (χ4v) is 1.95. The third-order valence-corrected chi connectivity index (χ3v) is 3.31. The number of nitrogens with two attached hydrogens (primary N) is 1. The van der Waals surface area contributed by atoms with Crippen LogP contribution in [0.2, 0.25) is 10.0 Å². The van der Waals surface area contributed by atoms with E-state index < -0.39 is 0 Å². The molecule has 2 nitrogen and oxygen atoms in total. The van der Waals surface area contributed by atoms with Crippen molar-refractivity contribution in [3.05, 3.63) is 63.6 Å². The second-order valence-electron chi connectivity index (χ2n) is 3.96. The minimum absolute atomic E-state index is 0.303. The Morgan fingerprint density at radius 1 is 1.17 bits per heavy atom. The molecule has 0 amide bonds. The molecule has 2 rings (SSSR count). The lowest BCUT2D eigenvalue weighted by molar-refractivity contribution is 0.612. The van der Waals surface area contributed by atoms with Gasteiger partial charge in [0.25, 0.3) is 0 Å². The van der Waals surface area contributed by atoms with Crippen molar-refractivity contribution in [3.63, 3.8) is 0 Å². The number of benzene rings is 1. The number of pyridine rings is 1. The molecule has 94 valence electrons. The van der Waals surface area contributed by atoms with E-state index in [2.05, 4.69) is 4.98 Å². The lowest BCUT2D eigenvalue weighted by atomic mass is 10.0. The average molecular weight is 285 g/mol. The van der Waals surface area contributed by atoms with Crippen LogP contribution in [0.3, 0.4) is 0 Å². The molecule has 0 bridgehead atoms. The van der Waals surface area contributed by atoms with Gasteiger partial charge in [-0.25, -0.2) is 4.39 Å². The molecule has 0 aliphatic carbocycles. The van der Waals surface area contributed by atoms with Crippen LogP contribution in [-0.4, -0.2) is 4.98 Å². The Balaban J connectivity index is 2.13. The second kappa shape index (κ2) is 5.65. The highest BCUT2D eigenvalue weighted by atomic mass is 35.5. The van der Waals surface area contributed by atoms with Gasteiger partial charge in [0.2, 0.25) is 0 Å². The molecule has 1 heterocycles. The molecule has 5 heteroatoms. The van der Waals surface area contributed by atoms with E-state index in [1.807, 2.05) is 6.07 Å². The topological polar surface area (TPSA) is 38.9 Å². The molecule has 0 fully saturated rings. The lowest BCUT2D eigenvalue weighted by Crippen LogP contribution is -2.14. The van der Waals surface area contributed by atoms with E-state index in [4.69, 9.17) is 28.9 Å². The van der Waals surface area contributed by atoms with Gasteiger partial charge in [-0.15, -0.1) is 0 Å². The summed E-state index contributed by atoms with van der Waals surface area (Å²) < 4.78 is 12.7. The molecule has 2 aromatic rings. The van der Waals surface area contributed by atoms with Crippen LogP contribution in [0.15, 0.2) is 36.5 Å². The zero-order chi connectivity index (χ0) is 13.1. The van der Waals surface area contributed by atoms with Crippen molar-refractivity contribution < 1.29 is 4.39 Å². The molecule has 0 saturated heterocycles.